The van der Waals surface area contributed by atoms with Crippen LogP contribution in [0, 0.1) is 0 Å². The molecule has 0 spiro atoms. The molecule has 1 fully saturated rings. The Bertz CT molecular complexity index is 186. The molecular weight excluding hydrogens is 144 g/mol. The predicted molar refractivity (Wildman–Crippen MR) is 39.3 cm³/mol. The van der Waals surface area contributed by atoms with Gasteiger partial charge in [0.25, 0.3) is 0 Å². The lowest BCUT2D eigenvalue weighted by atomic mass is 10.1. The lowest BCUT2D eigenvalue weighted by molar-refractivity contribution is -0.124. The standard InChI is InChI=1S/C8H12O3/c1-5(9)3-4-7(10)8-6(2)11-8/h6,8H,3-4H2,1-2H3. The number of ether oxygens (including phenoxy) is 1. The van der Waals surface area contributed by atoms with Gasteiger partial charge in [-0.15, -0.1) is 0 Å². The Balaban J connectivity index is 2.17. The summed E-state index contributed by atoms with van der Waals surface area (Å²) in [6.45, 7) is 3.35. The van der Waals surface area contributed by atoms with Gasteiger partial charge in [-0.05, 0) is 13.8 Å². The summed E-state index contributed by atoms with van der Waals surface area (Å²) in [5, 5.41) is 0. The van der Waals surface area contributed by atoms with Gasteiger partial charge in [0.05, 0.1) is 6.10 Å². The summed E-state index contributed by atoms with van der Waals surface area (Å²) in [6.07, 6.45) is 0.555. The minimum absolute atomic E-state index is 0.0617. The van der Waals surface area contributed by atoms with Crippen molar-refractivity contribution < 1.29 is 14.3 Å². The van der Waals surface area contributed by atoms with Gasteiger partial charge in [-0.25, -0.2) is 0 Å². The summed E-state index contributed by atoms with van der Waals surface area (Å²) < 4.78 is 4.95. The van der Waals surface area contributed by atoms with Crippen LogP contribution in [0.1, 0.15) is 26.7 Å². The maximum absolute atomic E-state index is 11.0. The first-order valence-electron chi connectivity index (χ1n) is 3.79. The van der Waals surface area contributed by atoms with E-state index in [0.717, 1.165) is 0 Å². The first-order valence-corrected chi connectivity index (χ1v) is 3.79. The van der Waals surface area contributed by atoms with Crippen LogP contribution >= 0.6 is 0 Å². The fourth-order valence-corrected chi connectivity index (χ4v) is 0.965. The van der Waals surface area contributed by atoms with Crippen LogP contribution in [0.2, 0.25) is 0 Å². The summed E-state index contributed by atoms with van der Waals surface area (Å²) in [5.41, 5.74) is 0. The summed E-state index contributed by atoms with van der Waals surface area (Å²) in [4.78, 5) is 21.5. The van der Waals surface area contributed by atoms with Crippen molar-refractivity contribution in [3.8, 4) is 0 Å². The Morgan fingerprint density at radius 3 is 2.27 bits per heavy atom. The van der Waals surface area contributed by atoms with Gasteiger partial charge in [-0.3, -0.25) is 4.79 Å². The molecular formula is C8H12O3. The Kier molecular flexibility index (Phi) is 2.39. The fraction of sp³-hybridized carbons (Fsp3) is 0.750. The molecule has 62 valence electrons. The van der Waals surface area contributed by atoms with Gasteiger partial charge in [0.1, 0.15) is 11.9 Å². The molecule has 11 heavy (non-hydrogen) atoms. The van der Waals surface area contributed by atoms with Crippen LogP contribution < -0.4 is 0 Å². The van der Waals surface area contributed by atoms with Crippen LogP contribution in [0.25, 0.3) is 0 Å². The van der Waals surface area contributed by atoms with Crippen LogP contribution in [0.15, 0.2) is 0 Å². The number of hydrogen-bond acceptors (Lipinski definition) is 3. The molecule has 1 aliphatic heterocycles. The molecule has 2 unspecified atom stereocenters. The highest BCUT2D eigenvalue weighted by Gasteiger charge is 2.40. The molecule has 0 saturated carbocycles. The second kappa shape index (κ2) is 3.13. The Morgan fingerprint density at radius 1 is 1.36 bits per heavy atom. The van der Waals surface area contributed by atoms with Crippen molar-refractivity contribution >= 4 is 11.6 Å². The Morgan fingerprint density at radius 2 is 1.91 bits per heavy atom. The second-order valence-corrected chi connectivity index (χ2v) is 2.93. The average molecular weight is 156 g/mol. The van der Waals surface area contributed by atoms with E-state index in [-0.39, 0.29) is 23.8 Å². The van der Waals surface area contributed by atoms with E-state index in [1.807, 2.05) is 6.92 Å². The number of Topliss-reactive ketones (excluding diaryl/α,β-unsaturated/α-hetero) is 2. The van der Waals surface area contributed by atoms with Gasteiger partial charge in [-0.1, -0.05) is 0 Å². The quantitative estimate of drug-likeness (QED) is 0.563. The zero-order valence-electron chi connectivity index (χ0n) is 6.79. The molecule has 0 amide bonds. The summed E-state index contributed by atoms with van der Waals surface area (Å²) >= 11 is 0. The summed E-state index contributed by atoms with van der Waals surface area (Å²) in [6, 6.07) is 0. The highest BCUT2D eigenvalue weighted by Crippen LogP contribution is 2.23. The fourth-order valence-electron chi connectivity index (χ4n) is 0.965. The number of carbonyl (C=O) groups is 2. The first kappa shape index (κ1) is 8.40. The van der Waals surface area contributed by atoms with Crippen molar-refractivity contribution in [2.24, 2.45) is 0 Å². The van der Waals surface area contributed by atoms with Gasteiger partial charge in [0.2, 0.25) is 0 Å². The number of rotatable bonds is 4. The van der Waals surface area contributed by atoms with Crippen molar-refractivity contribution in [3.05, 3.63) is 0 Å². The maximum Gasteiger partial charge on any atom is 0.164 e. The highest BCUT2D eigenvalue weighted by atomic mass is 16.6. The van der Waals surface area contributed by atoms with Crippen molar-refractivity contribution in [1.82, 2.24) is 0 Å². The van der Waals surface area contributed by atoms with E-state index in [1.54, 1.807) is 0 Å². The third-order valence-corrected chi connectivity index (χ3v) is 1.75. The smallest absolute Gasteiger partial charge is 0.164 e. The van der Waals surface area contributed by atoms with E-state index in [4.69, 9.17) is 4.74 Å². The SMILES string of the molecule is CC(=O)CCC(=O)C1OC1C. The molecule has 0 aliphatic carbocycles. The zero-order valence-corrected chi connectivity index (χ0v) is 6.79. The van der Waals surface area contributed by atoms with E-state index in [9.17, 15) is 9.59 Å². The molecule has 2 atom stereocenters. The van der Waals surface area contributed by atoms with Gasteiger partial charge in [0.15, 0.2) is 5.78 Å². The van der Waals surface area contributed by atoms with Crippen molar-refractivity contribution in [1.29, 1.82) is 0 Å². The Labute approximate surface area is 65.7 Å². The van der Waals surface area contributed by atoms with Crippen LogP contribution in [0.3, 0.4) is 0 Å². The van der Waals surface area contributed by atoms with Gasteiger partial charge >= 0.3 is 0 Å². The van der Waals surface area contributed by atoms with Crippen molar-refractivity contribution in [2.45, 2.75) is 38.9 Å². The van der Waals surface area contributed by atoms with Crippen LogP contribution in [0.5, 0.6) is 0 Å². The molecule has 0 N–H and O–H groups in total. The van der Waals surface area contributed by atoms with Gasteiger partial charge in [-0.2, -0.15) is 0 Å². The van der Waals surface area contributed by atoms with Gasteiger partial charge < -0.3 is 9.53 Å². The van der Waals surface area contributed by atoms with E-state index < -0.39 is 0 Å². The third kappa shape index (κ3) is 2.42. The number of hydrogen-bond donors (Lipinski definition) is 0. The molecule has 0 aromatic rings. The number of ketones is 2. The zero-order chi connectivity index (χ0) is 8.43. The largest absolute Gasteiger partial charge is 0.362 e. The highest BCUT2D eigenvalue weighted by molar-refractivity contribution is 5.89. The molecule has 1 rings (SSSR count). The minimum Gasteiger partial charge on any atom is -0.362 e. The van der Waals surface area contributed by atoms with E-state index >= 15 is 0 Å². The molecule has 1 aliphatic rings. The third-order valence-electron chi connectivity index (χ3n) is 1.75. The van der Waals surface area contributed by atoms with Crippen LogP contribution in [-0.4, -0.2) is 23.8 Å². The van der Waals surface area contributed by atoms with Crippen LogP contribution in [-0.2, 0) is 14.3 Å². The first-order chi connectivity index (χ1) is 5.11. The number of carbonyl (C=O) groups excluding carboxylic acids is 2. The Hall–Kier alpha value is -0.700. The molecule has 0 bridgehead atoms. The van der Waals surface area contributed by atoms with Crippen LogP contribution in [0.4, 0.5) is 0 Å². The molecule has 0 radical (unpaired) electrons. The molecule has 1 saturated heterocycles. The monoisotopic (exact) mass is 156 g/mol. The lowest BCUT2D eigenvalue weighted by Gasteiger charge is -1.91. The number of epoxide rings is 1. The normalized spacial score (nSPS) is 28.2. The van der Waals surface area contributed by atoms with Crippen molar-refractivity contribution in [3.63, 3.8) is 0 Å². The van der Waals surface area contributed by atoms with E-state index in [2.05, 4.69) is 0 Å². The maximum atomic E-state index is 11.0. The van der Waals surface area contributed by atoms with Gasteiger partial charge in [0, 0.05) is 12.8 Å². The topological polar surface area (TPSA) is 46.7 Å². The lowest BCUT2D eigenvalue weighted by Crippen LogP contribution is -2.09. The summed E-state index contributed by atoms with van der Waals surface area (Å²) in [7, 11) is 0. The van der Waals surface area contributed by atoms with Crippen molar-refractivity contribution in [2.75, 3.05) is 0 Å². The molecule has 0 aromatic carbocycles. The molecule has 3 nitrogen and oxygen atoms in total. The minimum atomic E-state index is -0.214. The predicted octanol–water partition coefficient (Wildman–Crippen LogP) is 0.712. The molecule has 0 aromatic heterocycles. The van der Waals surface area contributed by atoms with E-state index in [0.29, 0.717) is 12.8 Å². The molecule has 1 heterocycles. The average Bonchev–Trinajstić information content (AvgIpc) is 2.61. The molecule has 3 heteroatoms. The van der Waals surface area contributed by atoms with E-state index in [1.165, 1.54) is 6.92 Å². The summed E-state index contributed by atoms with van der Waals surface area (Å²) in [5.74, 6) is 0.124. The second-order valence-electron chi connectivity index (χ2n) is 2.93.